The van der Waals surface area contributed by atoms with Gasteiger partial charge in [0, 0.05) is 12.6 Å². The largest absolute Gasteiger partial charge is 0.497 e. The molecule has 3 nitrogen and oxygen atoms in total. The first-order valence-electron chi connectivity index (χ1n) is 6.73. The van der Waals surface area contributed by atoms with Crippen LogP contribution in [0.25, 0.3) is 0 Å². The zero-order valence-corrected chi connectivity index (χ0v) is 11.3. The Bertz CT molecular complexity index is 386. The average Bonchev–Trinajstić information content (AvgIpc) is 2.83. The quantitative estimate of drug-likeness (QED) is 0.843. The molecule has 1 atom stereocenters. The molecule has 100 valence electrons. The molecule has 1 aliphatic rings. The van der Waals surface area contributed by atoms with Gasteiger partial charge in [-0.2, -0.15) is 0 Å². The number of aliphatic hydroxyl groups is 1. The van der Waals surface area contributed by atoms with Gasteiger partial charge in [0.15, 0.2) is 0 Å². The van der Waals surface area contributed by atoms with Crippen LogP contribution >= 0.6 is 0 Å². The Morgan fingerprint density at radius 2 is 2.11 bits per heavy atom. The second-order valence-electron chi connectivity index (χ2n) is 5.31. The van der Waals surface area contributed by atoms with Gasteiger partial charge in [-0.05, 0) is 37.5 Å². The first-order valence-corrected chi connectivity index (χ1v) is 6.73. The molecule has 3 heteroatoms. The Morgan fingerprint density at radius 3 is 2.78 bits per heavy atom. The first-order chi connectivity index (χ1) is 8.63. The number of rotatable bonds is 5. The van der Waals surface area contributed by atoms with Crippen LogP contribution in [0.5, 0.6) is 5.75 Å². The van der Waals surface area contributed by atoms with Crippen molar-refractivity contribution in [1.29, 1.82) is 0 Å². The normalized spacial score (nSPS) is 19.7. The SMILES string of the molecule is COc1cccc([C@H](C)NCC2(O)CCCC2)c1. The van der Waals surface area contributed by atoms with Crippen LogP contribution in [0.2, 0.25) is 0 Å². The Morgan fingerprint density at radius 1 is 1.39 bits per heavy atom. The van der Waals surface area contributed by atoms with Crippen molar-refractivity contribution in [3.05, 3.63) is 29.8 Å². The standard InChI is InChI=1S/C15H23NO2/c1-12(13-6-5-7-14(10-13)18-2)16-11-15(17)8-3-4-9-15/h5-7,10,12,16-17H,3-4,8-9,11H2,1-2H3/t12-/m0/s1. The van der Waals surface area contributed by atoms with Crippen molar-refractivity contribution in [2.45, 2.75) is 44.2 Å². The minimum Gasteiger partial charge on any atom is -0.497 e. The van der Waals surface area contributed by atoms with E-state index >= 15 is 0 Å². The summed E-state index contributed by atoms with van der Waals surface area (Å²) in [5.41, 5.74) is 0.698. The van der Waals surface area contributed by atoms with Crippen LogP contribution in [0.4, 0.5) is 0 Å². The van der Waals surface area contributed by atoms with E-state index in [1.807, 2.05) is 18.2 Å². The number of ether oxygens (including phenoxy) is 1. The summed E-state index contributed by atoms with van der Waals surface area (Å²) < 4.78 is 5.23. The van der Waals surface area contributed by atoms with Crippen LogP contribution in [-0.4, -0.2) is 24.4 Å². The summed E-state index contributed by atoms with van der Waals surface area (Å²) in [7, 11) is 1.68. The zero-order valence-electron chi connectivity index (χ0n) is 11.3. The molecule has 0 bridgehead atoms. The summed E-state index contributed by atoms with van der Waals surface area (Å²) in [6.07, 6.45) is 4.13. The van der Waals surface area contributed by atoms with E-state index in [0.29, 0.717) is 6.54 Å². The van der Waals surface area contributed by atoms with E-state index in [4.69, 9.17) is 4.74 Å². The Labute approximate surface area is 109 Å². The molecule has 1 saturated carbocycles. The molecular weight excluding hydrogens is 226 g/mol. The van der Waals surface area contributed by atoms with E-state index in [9.17, 15) is 5.11 Å². The maximum atomic E-state index is 10.3. The van der Waals surface area contributed by atoms with Crippen molar-refractivity contribution < 1.29 is 9.84 Å². The van der Waals surface area contributed by atoms with Crippen molar-refractivity contribution >= 4 is 0 Å². The molecule has 1 aliphatic carbocycles. The fourth-order valence-corrected chi connectivity index (χ4v) is 2.58. The predicted molar refractivity (Wildman–Crippen MR) is 72.8 cm³/mol. The van der Waals surface area contributed by atoms with Crippen molar-refractivity contribution in [1.82, 2.24) is 5.32 Å². The molecular formula is C15H23NO2. The van der Waals surface area contributed by atoms with E-state index in [1.165, 1.54) is 5.56 Å². The predicted octanol–water partition coefficient (Wildman–Crippen LogP) is 2.65. The highest BCUT2D eigenvalue weighted by molar-refractivity contribution is 5.30. The molecule has 1 aromatic carbocycles. The number of methoxy groups -OCH3 is 1. The lowest BCUT2D eigenvalue weighted by atomic mass is 10.0. The molecule has 0 aliphatic heterocycles. The van der Waals surface area contributed by atoms with E-state index in [-0.39, 0.29) is 6.04 Å². The van der Waals surface area contributed by atoms with Gasteiger partial charge < -0.3 is 15.2 Å². The molecule has 2 N–H and O–H groups in total. The van der Waals surface area contributed by atoms with E-state index in [2.05, 4.69) is 18.3 Å². The van der Waals surface area contributed by atoms with Crippen molar-refractivity contribution in [3.63, 3.8) is 0 Å². The lowest BCUT2D eigenvalue weighted by Crippen LogP contribution is -2.39. The summed E-state index contributed by atoms with van der Waals surface area (Å²) in [5.74, 6) is 0.876. The first kappa shape index (κ1) is 13.4. The molecule has 0 amide bonds. The summed E-state index contributed by atoms with van der Waals surface area (Å²) in [5, 5.41) is 13.7. The molecule has 1 fully saturated rings. The third kappa shape index (κ3) is 3.24. The van der Waals surface area contributed by atoms with Gasteiger partial charge in [-0.15, -0.1) is 0 Å². The molecule has 0 unspecified atom stereocenters. The second-order valence-corrected chi connectivity index (χ2v) is 5.31. The van der Waals surface area contributed by atoms with Crippen LogP contribution in [0.15, 0.2) is 24.3 Å². The van der Waals surface area contributed by atoms with Crippen molar-refractivity contribution in [2.75, 3.05) is 13.7 Å². The lowest BCUT2D eigenvalue weighted by molar-refractivity contribution is 0.0453. The monoisotopic (exact) mass is 249 g/mol. The minimum absolute atomic E-state index is 0.227. The number of hydrogen-bond acceptors (Lipinski definition) is 3. The average molecular weight is 249 g/mol. The second kappa shape index (κ2) is 5.72. The van der Waals surface area contributed by atoms with E-state index < -0.39 is 5.60 Å². The molecule has 0 heterocycles. The van der Waals surface area contributed by atoms with E-state index in [0.717, 1.165) is 31.4 Å². The number of hydrogen-bond donors (Lipinski definition) is 2. The smallest absolute Gasteiger partial charge is 0.119 e. The lowest BCUT2D eigenvalue weighted by Gasteiger charge is -2.25. The third-order valence-corrected chi connectivity index (χ3v) is 3.87. The highest BCUT2D eigenvalue weighted by Crippen LogP contribution is 2.29. The summed E-state index contributed by atoms with van der Waals surface area (Å²) in [6, 6.07) is 8.29. The van der Waals surface area contributed by atoms with Crippen LogP contribution in [0, 0.1) is 0 Å². The molecule has 0 aromatic heterocycles. The molecule has 0 saturated heterocycles. The molecule has 18 heavy (non-hydrogen) atoms. The molecule has 2 rings (SSSR count). The van der Waals surface area contributed by atoms with Crippen LogP contribution < -0.4 is 10.1 Å². The van der Waals surface area contributed by atoms with Gasteiger partial charge in [-0.1, -0.05) is 25.0 Å². The molecule has 1 aromatic rings. The van der Waals surface area contributed by atoms with Crippen LogP contribution in [0.3, 0.4) is 0 Å². The third-order valence-electron chi connectivity index (χ3n) is 3.87. The minimum atomic E-state index is -0.493. The Balaban J connectivity index is 1.92. The number of benzene rings is 1. The molecule has 0 spiro atoms. The van der Waals surface area contributed by atoms with Gasteiger partial charge in [0.05, 0.1) is 12.7 Å². The topological polar surface area (TPSA) is 41.5 Å². The van der Waals surface area contributed by atoms with Gasteiger partial charge in [0.2, 0.25) is 0 Å². The van der Waals surface area contributed by atoms with Crippen molar-refractivity contribution in [3.8, 4) is 5.75 Å². The fraction of sp³-hybridized carbons (Fsp3) is 0.600. The van der Waals surface area contributed by atoms with Gasteiger partial charge in [0.1, 0.15) is 5.75 Å². The summed E-state index contributed by atoms with van der Waals surface area (Å²) in [4.78, 5) is 0. The van der Waals surface area contributed by atoms with Crippen LogP contribution in [-0.2, 0) is 0 Å². The van der Waals surface area contributed by atoms with E-state index in [1.54, 1.807) is 7.11 Å². The maximum absolute atomic E-state index is 10.3. The highest BCUT2D eigenvalue weighted by atomic mass is 16.5. The number of nitrogens with one attached hydrogen (secondary N) is 1. The Hall–Kier alpha value is -1.06. The zero-order chi connectivity index (χ0) is 13.0. The van der Waals surface area contributed by atoms with Crippen LogP contribution in [0.1, 0.15) is 44.2 Å². The Kier molecular flexibility index (Phi) is 4.25. The molecule has 0 radical (unpaired) electrons. The van der Waals surface area contributed by atoms with Gasteiger partial charge >= 0.3 is 0 Å². The fourth-order valence-electron chi connectivity index (χ4n) is 2.58. The summed E-state index contributed by atoms with van der Waals surface area (Å²) in [6.45, 7) is 2.79. The maximum Gasteiger partial charge on any atom is 0.119 e. The van der Waals surface area contributed by atoms with Crippen molar-refractivity contribution in [2.24, 2.45) is 0 Å². The van der Waals surface area contributed by atoms with Gasteiger partial charge in [0.25, 0.3) is 0 Å². The highest BCUT2D eigenvalue weighted by Gasteiger charge is 2.30. The van der Waals surface area contributed by atoms with Gasteiger partial charge in [-0.3, -0.25) is 0 Å². The summed E-state index contributed by atoms with van der Waals surface area (Å²) >= 11 is 0. The van der Waals surface area contributed by atoms with Gasteiger partial charge in [-0.25, -0.2) is 0 Å².